The maximum atomic E-state index is 13.9. The molecule has 588 valence electrons. The Labute approximate surface area is 643 Å². The van der Waals surface area contributed by atoms with E-state index in [1.165, 1.54) is 23.5 Å². The summed E-state index contributed by atoms with van der Waals surface area (Å²) in [5.41, 5.74) is 10.8. The highest BCUT2D eigenvalue weighted by Crippen LogP contribution is 2.72. The highest BCUT2D eigenvalue weighted by atomic mass is 32.1. The number of carboxylic acid groups (broad SMARTS) is 1. The second kappa shape index (κ2) is 34.0. The van der Waals surface area contributed by atoms with Gasteiger partial charge in [-0.1, -0.05) is 81.9 Å². The molecule has 4 aliphatic carbocycles. The molecule has 110 heavy (non-hydrogen) atoms. The van der Waals surface area contributed by atoms with Gasteiger partial charge in [0, 0.05) is 105 Å². The van der Waals surface area contributed by atoms with E-state index < -0.39 is 55.2 Å². The van der Waals surface area contributed by atoms with Crippen LogP contribution in [-0.2, 0) is 64.1 Å². The van der Waals surface area contributed by atoms with E-state index in [1.54, 1.807) is 55.3 Å². The molecule has 1 saturated heterocycles. The second-order valence-electron chi connectivity index (χ2n) is 31.9. The van der Waals surface area contributed by atoms with Gasteiger partial charge in [0.05, 0.1) is 34.8 Å². The maximum absolute atomic E-state index is 13.9. The van der Waals surface area contributed by atoms with Crippen molar-refractivity contribution in [3.8, 4) is 11.1 Å². The number of nitrogens with two attached hydrogens (primary N) is 1. The van der Waals surface area contributed by atoms with Crippen molar-refractivity contribution in [1.29, 1.82) is 0 Å². The summed E-state index contributed by atoms with van der Waals surface area (Å²) in [4.78, 5) is 153. The van der Waals surface area contributed by atoms with Gasteiger partial charge < -0.3 is 61.2 Å². The number of unbranched alkanes of at least 4 members (excludes halogenated alkanes) is 2. The van der Waals surface area contributed by atoms with Crippen LogP contribution in [0.15, 0.2) is 97.2 Å². The van der Waals surface area contributed by atoms with E-state index in [-0.39, 0.29) is 109 Å². The lowest BCUT2D eigenvalue weighted by atomic mass is 9.39. The van der Waals surface area contributed by atoms with Gasteiger partial charge in [-0.2, -0.15) is 5.10 Å². The normalized spacial score (nSPS) is 21.5. The predicted molar refractivity (Wildman–Crippen MR) is 414 cm³/mol. The number of amides is 9. The highest BCUT2D eigenvalue weighted by Gasteiger charge is 2.66. The largest absolute Gasteiger partial charge is 0.476 e. The van der Waals surface area contributed by atoms with E-state index in [0.29, 0.717) is 130 Å². The SMILES string of the molecule is Cc1c(-c2ccc(N3CCc4cccc(C(=O)Nc5nc6ccccc6s5)c4C3)nc2C(=O)O)cnn1CC12CC3(C)CC(C)(C1)CC(OCCN(CCCP(=O)(O)O)C1CCN(C(=O)OCc4ccc(NC(=O)[C@H](CCCNC(N)=O)NC(=O)C(NC(=O)CCCCCN5C(=O)C=CC5=O)C(C)C)cc4)CC1)(C3)C2. The summed E-state index contributed by atoms with van der Waals surface area (Å²) in [6.45, 7) is 14.3. The zero-order valence-corrected chi connectivity index (χ0v) is 64.8. The van der Waals surface area contributed by atoms with Crippen LogP contribution in [0.4, 0.5) is 26.2 Å². The molecule has 3 unspecified atom stereocenters. The van der Waals surface area contributed by atoms with Crippen molar-refractivity contribution in [3.63, 3.8) is 0 Å². The van der Waals surface area contributed by atoms with Crippen LogP contribution >= 0.6 is 18.9 Å². The predicted octanol–water partition coefficient (Wildman–Crippen LogP) is 9.68. The number of carboxylic acids is 1. The standard InChI is InChI=1S/C79H101N14O15PS/c1-50(2)67(87-64(94)19-7-6-10-33-92-65(95)26-27-66(92)96)71(99)84-61(17-12-31-81-73(80)102)70(98)83-54-22-20-52(21-23-54)42-107-75(103)90-35-29-55(30-36-90)89(32-13-39-109(104,105)106)37-38-108-79-46-76(4)43-77(5,47-79)45-78(44-76,48-79)49-93-51(3)58(40-82-93)56-24-25-63(86-68(56)72(100)101)91-34-28-53-14-11-15-57(59(53)41-91)69(97)88-74-85-60-16-8-9-18-62(60)110-74/h8-9,11,14-16,18,20-27,40,50,55,61,67H,6-7,10,12-13,17,19,28-39,41-49H2,1-5H3,(H,83,98)(H,84,99)(H,87,94)(H,100,101)(H3,80,81,102)(H,85,88,97)(H2,104,105,106)/t61-,67?,76?,77?,78?,79?/m0/s1. The molecule has 5 fully saturated rings. The molecule has 31 heteroatoms. The van der Waals surface area contributed by atoms with Gasteiger partial charge in [0.15, 0.2) is 10.8 Å². The third-order valence-electron chi connectivity index (χ3n) is 22.5. The topological polar surface area (TPSA) is 393 Å². The number of urea groups is 1. The zero-order chi connectivity index (χ0) is 78.3. The maximum Gasteiger partial charge on any atom is 0.410 e. The fourth-order valence-electron chi connectivity index (χ4n) is 18.5. The molecule has 3 aromatic heterocycles. The monoisotopic (exact) mass is 1550 g/mol. The number of hydrogen-bond acceptors (Lipinski definition) is 18. The molecule has 6 heterocycles. The van der Waals surface area contributed by atoms with Gasteiger partial charge in [-0.05, 0) is 185 Å². The smallest absolute Gasteiger partial charge is 0.410 e. The van der Waals surface area contributed by atoms with Crippen molar-refractivity contribution in [1.82, 2.24) is 50.4 Å². The number of pyridine rings is 1. The van der Waals surface area contributed by atoms with E-state index in [1.807, 2.05) is 65.0 Å². The summed E-state index contributed by atoms with van der Waals surface area (Å²) in [7, 11) is -4.28. The lowest BCUT2D eigenvalue weighted by Crippen LogP contribution is -2.64. The minimum Gasteiger partial charge on any atom is -0.476 e. The van der Waals surface area contributed by atoms with Crippen LogP contribution in [0, 0.1) is 29.1 Å². The van der Waals surface area contributed by atoms with E-state index in [9.17, 15) is 62.6 Å². The van der Waals surface area contributed by atoms with E-state index in [2.05, 4.69) is 50.3 Å². The number of piperidine rings is 1. The minimum atomic E-state index is -4.28. The number of nitrogens with zero attached hydrogens (tertiary/aromatic N) is 8. The van der Waals surface area contributed by atoms with Crippen LogP contribution in [0.25, 0.3) is 21.3 Å². The summed E-state index contributed by atoms with van der Waals surface area (Å²) in [5, 5.41) is 30.2. The Morgan fingerprint density at radius 1 is 0.791 bits per heavy atom. The Balaban J connectivity index is 0.630. The van der Waals surface area contributed by atoms with Gasteiger partial charge in [-0.15, -0.1) is 0 Å². The Morgan fingerprint density at radius 3 is 2.23 bits per heavy atom. The Morgan fingerprint density at radius 2 is 1.53 bits per heavy atom. The summed E-state index contributed by atoms with van der Waals surface area (Å²) < 4.78 is 28.2. The summed E-state index contributed by atoms with van der Waals surface area (Å²) >= 11 is 1.41. The van der Waals surface area contributed by atoms with Crippen LogP contribution in [-0.4, -0.2) is 185 Å². The average molecular weight is 1550 g/mol. The molecule has 3 aromatic carbocycles. The van der Waals surface area contributed by atoms with Crippen molar-refractivity contribution >= 4 is 99.3 Å². The molecule has 10 N–H and O–H groups in total. The molecule has 9 amide bonds. The van der Waals surface area contributed by atoms with Gasteiger partial charge in [-0.3, -0.25) is 53.1 Å². The number of carbonyl (C=O) groups is 9. The number of nitrogens with one attached hydrogen (secondary N) is 5. The van der Waals surface area contributed by atoms with Gasteiger partial charge in [-0.25, -0.2) is 24.4 Å². The average Bonchev–Trinajstić information content (AvgIpc) is 1.21. The number of para-hydroxylation sites is 1. The lowest BCUT2D eigenvalue weighted by Gasteiger charge is -2.69. The number of likely N-dealkylation sites (tertiary alicyclic amines) is 1. The van der Waals surface area contributed by atoms with Gasteiger partial charge >= 0.3 is 25.7 Å². The summed E-state index contributed by atoms with van der Waals surface area (Å²) in [6, 6.07) is 21.0. The van der Waals surface area contributed by atoms with E-state index in [0.717, 1.165) is 70.5 Å². The molecule has 4 saturated carbocycles. The molecular formula is C79H101N14O15PS. The van der Waals surface area contributed by atoms with Crippen LogP contribution in [0.3, 0.4) is 0 Å². The third-order valence-corrected chi connectivity index (χ3v) is 24.4. The number of primary amides is 1. The fraction of sp³-hybridized carbons (Fsp3) is 0.519. The molecule has 4 atom stereocenters. The number of thiazole rings is 1. The van der Waals surface area contributed by atoms with Crippen molar-refractivity contribution in [2.24, 2.45) is 27.9 Å². The van der Waals surface area contributed by atoms with Gasteiger partial charge in [0.1, 0.15) is 24.5 Å². The van der Waals surface area contributed by atoms with Crippen molar-refractivity contribution in [2.75, 3.05) is 74.1 Å². The number of anilines is 3. The first-order valence-corrected chi connectivity index (χ1v) is 40.7. The molecular weight excluding hydrogens is 1450 g/mol. The fourth-order valence-corrected chi connectivity index (χ4v) is 19.9. The third kappa shape index (κ3) is 19.6. The lowest BCUT2D eigenvalue weighted by molar-refractivity contribution is -0.249. The Hall–Kier alpha value is -9.45. The summed E-state index contributed by atoms with van der Waals surface area (Å²) in [5.74, 6) is -3.54. The van der Waals surface area contributed by atoms with Crippen molar-refractivity contribution in [2.45, 2.75) is 181 Å². The molecule has 6 aromatic rings. The molecule has 13 rings (SSSR count). The first-order valence-electron chi connectivity index (χ1n) is 38.1. The number of benzene rings is 3. The van der Waals surface area contributed by atoms with Crippen LogP contribution in [0.5, 0.6) is 0 Å². The first-order chi connectivity index (χ1) is 52.4. The van der Waals surface area contributed by atoms with Crippen LogP contribution in [0.1, 0.15) is 167 Å². The van der Waals surface area contributed by atoms with Crippen molar-refractivity contribution < 1.29 is 72.1 Å². The van der Waals surface area contributed by atoms with Crippen LogP contribution < -0.4 is 37.2 Å². The number of rotatable bonds is 34. The second-order valence-corrected chi connectivity index (χ2v) is 34.7. The molecule has 0 spiro atoms. The minimum absolute atomic E-state index is 0.00504. The quantitative estimate of drug-likeness (QED) is 0.0103. The molecule has 7 aliphatic rings. The number of ether oxygens (including phenoxy) is 2. The van der Waals surface area contributed by atoms with Gasteiger partial charge in [0.25, 0.3) is 17.7 Å². The Bertz CT molecular complexity index is 4460. The van der Waals surface area contributed by atoms with Gasteiger partial charge in [0.2, 0.25) is 17.7 Å². The number of imide groups is 1. The zero-order valence-electron chi connectivity index (χ0n) is 63.1. The van der Waals surface area contributed by atoms with Crippen molar-refractivity contribution in [3.05, 3.63) is 131 Å². The van der Waals surface area contributed by atoms with Crippen LogP contribution in [0.2, 0.25) is 0 Å². The first kappa shape index (κ1) is 80.1. The number of carbonyl (C=O) groups excluding carboxylic acids is 8. The van der Waals surface area contributed by atoms with E-state index in [4.69, 9.17) is 25.3 Å². The molecule has 29 nitrogen and oxygen atoms in total. The number of hydrogen-bond donors (Lipinski definition) is 9. The molecule has 4 bridgehead atoms. The highest BCUT2D eigenvalue weighted by molar-refractivity contribution is 7.51. The summed E-state index contributed by atoms with van der Waals surface area (Å²) in [6.07, 6.45) is 13.2. The number of aromatic carboxylic acids is 1. The molecule has 0 radical (unpaired) electrons. The number of fused-ring (bicyclic) bond motifs is 2. The Kier molecular flexibility index (Phi) is 24.8. The molecule has 3 aliphatic heterocycles. The number of aromatic nitrogens is 4. The van der Waals surface area contributed by atoms with E-state index >= 15 is 0 Å².